The molecule has 1 aliphatic heterocycles. The molecule has 2 aromatic rings. The number of aliphatic hydroxyl groups is 1. The van der Waals surface area contributed by atoms with E-state index in [1.807, 2.05) is 48.5 Å². The lowest BCUT2D eigenvalue weighted by Crippen LogP contribution is -2.55. The fourth-order valence-electron chi connectivity index (χ4n) is 5.21. The minimum absolute atomic E-state index is 0.0139. The van der Waals surface area contributed by atoms with E-state index in [9.17, 15) is 9.90 Å². The fourth-order valence-corrected chi connectivity index (χ4v) is 5.55. The number of carbonyl (C=O) groups excluding carboxylic acids is 1. The van der Waals surface area contributed by atoms with E-state index < -0.39 is 5.60 Å². The first-order chi connectivity index (χ1) is 16.6. The van der Waals surface area contributed by atoms with E-state index >= 15 is 0 Å². The maximum atomic E-state index is 13.9. The van der Waals surface area contributed by atoms with Gasteiger partial charge in [-0.15, -0.1) is 6.58 Å². The molecule has 0 spiro atoms. The molecular formula is C29H38Cl2N2O2. The van der Waals surface area contributed by atoms with Crippen molar-refractivity contribution in [1.82, 2.24) is 10.2 Å². The van der Waals surface area contributed by atoms with Crippen molar-refractivity contribution in [3.05, 3.63) is 82.4 Å². The van der Waals surface area contributed by atoms with Crippen LogP contribution in [-0.2, 0) is 11.2 Å². The molecule has 0 radical (unpaired) electrons. The van der Waals surface area contributed by atoms with Crippen LogP contribution in [0.4, 0.5) is 0 Å². The van der Waals surface area contributed by atoms with Gasteiger partial charge in [0.2, 0.25) is 5.91 Å². The summed E-state index contributed by atoms with van der Waals surface area (Å²) in [4.78, 5) is 16.0. The SMILES string of the molecule is C=CC[C@H]1C[C@H](Cc2cccc(Cl)c2)[C@@H](c2ccc(Cl)cc2)N([C@@H](CC)CNCC(C)(C)O)C1=O. The number of halogens is 2. The Kier molecular flexibility index (Phi) is 9.83. The molecule has 1 aliphatic rings. The summed E-state index contributed by atoms with van der Waals surface area (Å²) in [6.07, 6.45) is 4.92. The van der Waals surface area contributed by atoms with Crippen LogP contribution in [0.25, 0.3) is 0 Å². The molecule has 0 saturated carbocycles. The maximum Gasteiger partial charge on any atom is 0.226 e. The van der Waals surface area contributed by atoms with Crippen molar-refractivity contribution in [2.45, 2.75) is 64.1 Å². The zero-order chi connectivity index (χ0) is 25.6. The third-order valence-corrected chi connectivity index (χ3v) is 7.28. The van der Waals surface area contributed by atoms with Crippen LogP contribution >= 0.6 is 23.2 Å². The van der Waals surface area contributed by atoms with Crippen LogP contribution in [0.15, 0.2) is 61.2 Å². The number of allylic oxidation sites excluding steroid dienone is 1. The van der Waals surface area contributed by atoms with Crippen LogP contribution in [0.5, 0.6) is 0 Å². The monoisotopic (exact) mass is 516 g/mol. The lowest BCUT2D eigenvalue weighted by molar-refractivity contribution is -0.149. The molecule has 3 rings (SSSR count). The molecule has 1 fully saturated rings. The molecule has 1 amide bonds. The Bertz CT molecular complexity index is 987. The van der Waals surface area contributed by atoms with Gasteiger partial charge in [-0.05, 0) is 80.8 Å². The Hall–Kier alpha value is -1.85. The van der Waals surface area contributed by atoms with Gasteiger partial charge in [-0.2, -0.15) is 0 Å². The molecular weight excluding hydrogens is 479 g/mol. The molecule has 6 heteroatoms. The number of nitrogens with zero attached hydrogens (tertiary/aromatic N) is 1. The van der Waals surface area contributed by atoms with Crippen molar-refractivity contribution >= 4 is 29.1 Å². The van der Waals surface area contributed by atoms with Crippen molar-refractivity contribution < 1.29 is 9.90 Å². The minimum atomic E-state index is -0.819. The van der Waals surface area contributed by atoms with Crippen molar-refractivity contribution in [2.24, 2.45) is 11.8 Å². The molecule has 0 unspecified atom stereocenters. The van der Waals surface area contributed by atoms with Gasteiger partial charge in [0.25, 0.3) is 0 Å². The van der Waals surface area contributed by atoms with Gasteiger partial charge in [0.15, 0.2) is 0 Å². The summed E-state index contributed by atoms with van der Waals surface area (Å²) >= 11 is 12.5. The predicted octanol–water partition coefficient (Wildman–Crippen LogP) is 6.46. The second-order valence-electron chi connectivity index (χ2n) is 10.3. The van der Waals surface area contributed by atoms with E-state index in [0.29, 0.717) is 24.5 Å². The maximum absolute atomic E-state index is 13.9. The number of benzene rings is 2. The topological polar surface area (TPSA) is 52.6 Å². The average molecular weight is 518 g/mol. The highest BCUT2D eigenvalue weighted by Crippen LogP contribution is 2.43. The molecule has 2 aromatic carbocycles. The molecule has 4 atom stereocenters. The first kappa shape index (κ1) is 27.7. The van der Waals surface area contributed by atoms with Gasteiger partial charge in [-0.25, -0.2) is 0 Å². The highest BCUT2D eigenvalue weighted by Gasteiger charge is 2.44. The summed E-state index contributed by atoms with van der Waals surface area (Å²) in [5.74, 6) is 0.272. The summed E-state index contributed by atoms with van der Waals surface area (Å²) in [5.41, 5.74) is 1.44. The average Bonchev–Trinajstić information content (AvgIpc) is 2.79. The van der Waals surface area contributed by atoms with Crippen molar-refractivity contribution in [1.29, 1.82) is 0 Å². The van der Waals surface area contributed by atoms with Gasteiger partial charge < -0.3 is 15.3 Å². The van der Waals surface area contributed by atoms with E-state index in [-0.39, 0.29) is 29.8 Å². The van der Waals surface area contributed by atoms with E-state index in [4.69, 9.17) is 23.2 Å². The van der Waals surface area contributed by atoms with Gasteiger partial charge >= 0.3 is 0 Å². The molecule has 1 saturated heterocycles. The Balaban J connectivity index is 2.02. The minimum Gasteiger partial charge on any atom is -0.389 e. The van der Waals surface area contributed by atoms with Crippen molar-refractivity contribution in [3.63, 3.8) is 0 Å². The highest BCUT2D eigenvalue weighted by atomic mass is 35.5. The summed E-state index contributed by atoms with van der Waals surface area (Å²) in [5, 5.41) is 15.0. The van der Waals surface area contributed by atoms with Crippen LogP contribution in [0.2, 0.25) is 10.0 Å². The number of rotatable bonds is 11. The van der Waals surface area contributed by atoms with Crippen LogP contribution in [0.1, 0.15) is 57.2 Å². The van der Waals surface area contributed by atoms with Gasteiger partial charge in [0.1, 0.15) is 0 Å². The number of hydrogen-bond donors (Lipinski definition) is 2. The number of likely N-dealkylation sites (tertiary alicyclic amines) is 1. The van der Waals surface area contributed by atoms with E-state index in [1.165, 1.54) is 5.56 Å². The normalized spacial score (nSPS) is 21.7. The fraction of sp³-hybridized carbons (Fsp3) is 0.483. The molecule has 190 valence electrons. The molecule has 1 heterocycles. The molecule has 0 aromatic heterocycles. The van der Waals surface area contributed by atoms with Crippen molar-refractivity contribution in [2.75, 3.05) is 13.1 Å². The number of hydrogen-bond acceptors (Lipinski definition) is 3. The Morgan fingerprint density at radius 2 is 1.91 bits per heavy atom. The van der Waals surface area contributed by atoms with Crippen LogP contribution in [-0.4, -0.2) is 40.6 Å². The number of carbonyl (C=O) groups is 1. The third kappa shape index (κ3) is 7.57. The summed E-state index contributed by atoms with van der Waals surface area (Å²) < 4.78 is 0. The number of piperidine rings is 1. The summed E-state index contributed by atoms with van der Waals surface area (Å²) in [7, 11) is 0. The number of amides is 1. The first-order valence-corrected chi connectivity index (χ1v) is 13.2. The van der Waals surface area contributed by atoms with E-state index in [1.54, 1.807) is 13.8 Å². The largest absolute Gasteiger partial charge is 0.389 e. The second-order valence-corrected chi connectivity index (χ2v) is 11.2. The Morgan fingerprint density at radius 1 is 1.20 bits per heavy atom. The second kappa shape index (κ2) is 12.4. The zero-order valence-corrected chi connectivity index (χ0v) is 22.5. The third-order valence-electron chi connectivity index (χ3n) is 6.79. The smallest absolute Gasteiger partial charge is 0.226 e. The molecule has 35 heavy (non-hydrogen) atoms. The summed E-state index contributed by atoms with van der Waals surface area (Å²) in [6, 6.07) is 15.8. The highest BCUT2D eigenvalue weighted by molar-refractivity contribution is 6.30. The first-order valence-electron chi connectivity index (χ1n) is 12.5. The van der Waals surface area contributed by atoms with Gasteiger partial charge in [0, 0.05) is 35.1 Å². The molecule has 0 bridgehead atoms. The zero-order valence-electron chi connectivity index (χ0n) is 21.0. The lowest BCUT2D eigenvalue weighted by Gasteiger charge is -2.48. The van der Waals surface area contributed by atoms with E-state index in [2.05, 4.69) is 29.8 Å². The Labute approximate surface area is 220 Å². The predicted molar refractivity (Wildman–Crippen MR) is 146 cm³/mol. The lowest BCUT2D eigenvalue weighted by atomic mass is 9.74. The van der Waals surface area contributed by atoms with Crippen LogP contribution in [0, 0.1) is 11.8 Å². The van der Waals surface area contributed by atoms with Crippen LogP contribution in [0.3, 0.4) is 0 Å². The Morgan fingerprint density at radius 3 is 2.51 bits per heavy atom. The standard InChI is InChI=1S/C29H38Cl2N2O2/c1-5-8-22-17-23(15-20-9-7-10-25(31)16-20)27(21-11-13-24(30)14-12-21)33(28(22)34)26(6-2)18-32-19-29(3,4)35/h5,7,9-14,16,22-23,26-27,32,35H,1,6,8,15,17-19H2,2-4H3/t22-,23-,26-,27+/m0/s1. The van der Waals surface area contributed by atoms with Gasteiger partial charge in [0.05, 0.1) is 11.6 Å². The summed E-state index contributed by atoms with van der Waals surface area (Å²) in [6.45, 7) is 10.7. The quantitative estimate of drug-likeness (QED) is 0.337. The van der Waals surface area contributed by atoms with Gasteiger partial charge in [-0.1, -0.05) is 60.5 Å². The molecule has 2 N–H and O–H groups in total. The number of nitrogens with one attached hydrogen (secondary N) is 1. The molecule has 4 nitrogen and oxygen atoms in total. The van der Waals surface area contributed by atoms with Crippen LogP contribution < -0.4 is 5.32 Å². The van der Waals surface area contributed by atoms with Crippen molar-refractivity contribution in [3.8, 4) is 0 Å². The van der Waals surface area contributed by atoms with E-state index in [0.717, 1.165) is 29.8 Å². The van der Waals surface area contributed by atoms with Gasteiger partial charge in [-0.3, -0.25) is 4.79 Å². The molecule has 0 aliphatic carbocycles.